The van der Waals surface area contributed by atoms with Gasteiger partial charge in [-0.3, -0.25) is 4.57 Å². The summed E-state index contributed by atoms with van der Waals surface area (Å²) >= 11 is 11.5. The number of imidazole rings is 1. The summed E-state index contributed by atoms with van der Waals surface area (Å²) < 4.78 is 1.74. The Kier molecular flexibility index (Phi) is 2.46. The van der Waals surface area contributed by atoms with Crippen molar-refractivity contribution < 1.29 is 5.21 Å². The molecule has 0 saturated heterocycles. The van der Waals surface area contributed by atoms with Crippen LogP contribution in [0, 0.1) is 0 Å². The van der Waals surface area contributed by atoms with Gasteiger partial charge in [-0.05, 0) is 18.2 Å². The molecule has 78 valence electrons. The van der Waals surface area contributed by atoms with E-state index in [4.69, 9.17) is 28.4 Å². The minimum atomic E-state index is -0.562. The molecule has 1 N–H and O–H groups in total. The molecule has 0 aliphatic rings. The first-order valence-corrected chi connectivity index (χ1v) is 4.80. The van der Waals surface area contributed by atoms with Crippen LogP contribution < -0.4 is 5.69 Å². The lowest BCUT2D eigenvalue weighted by atomic mass is 10.3. The maximum atomic E-state index is 11.4. The standard InChI is InChI=1S/C9H6Cl2N2O2/c10-7-2-1-6(5-8(7)11)12-3-4-13(15)9(12)14/h1-5,15H. The smallest absolute Gasteiger partial charge is 0.365 e. The van der Waals surface area contributed by atoms with Crippen LogP contribution in [0.15, 0.2) is 35.4 Å². The van der Waals surface area contributed by atoms with Crippen molar-refractivity contribution in [1.82, 2.24) is 9.30 Å². The van der Waals surface area contributed by atoms with E-state index in [2.05, 4.69) is 0 Å². The lowest BCUT2D eigenvalue weighted by Crippen LogP contribution is -2.20. The predicted octanol–water partition coefficient (Wildman–Crippen LogP) is 2.18. The van der Waals surface area contributed by atoms with Gasteiger partial charge in [0, 0.05) is 6.20 Å². The van der Waals surface area contributed by atoms with Crippen LogP contribution in [0.5, 0.6) is 0 Å². The summed E-state index contributed by atoms with van der Waals surface area (Å²) in [7, 11) is 0. The molecule has 0 atom stereocenters. The molecule has 0 aliphatic heterocycles. The van der Waals surface area contributed by atoms with Gasteiger partial charge in [-0.1, -0.05) is 23.2 Å². The van der Waals surface area contributed by atoms with E-state index in [0.717, 1.165) is 0 Å². The molecular formula is C9H6Cl2N2O2. The highest BCUT2D eigenvalue weighted by Gasteiger charge is 2.05. The van der Waals surface area contributed by atoms with E-state index >= 15 is 0 Å². The molecule has 0 spiro atoms. The molecule has 0 radical (unpaired) electrons. The zero-order valence-electron chi connectivity index (χ0n) is 7.39. The van der Waals surface area contributed by atoms with Crippen LogP contribution in [0.4, 0.5) is 0 Å². The van der Waals surface area contributed by atoms with Crippen LogP contribution in [0.3, 0.4) is 0 Å². The van der Waals surface area contributed by atoms with Crippen LogP contribution in [0.2, 0.25) is 10.0 Å². The summed E-state index contributed by atoms with van der Waals surface area (Å²) in [4.78, 5) is 11.4. The van der Waals surface area contributed by atoms with E-state index in [-0.39, 0.29) is 0 Å². The van der Waals surface area contributed by atoms with Crippen molar-refractivity contribution in [3.8, 4) is 5.69 Å². The van der Waals surface area contributed by atoms with Gasteiger partial charge in [-0.2, -0.15) is 0 Å². The normalized spacial score (nSPS) is 10.5. The minimum absolute atomic E-state index is 0.353. The summed E-state index contributed by atoms with van der Waals surface area (Å²) in [6.45, 7) is 0. The van der Waals surface area contributed by atoms with E-state index in [0.29, 0.717) is 20.5 Å². The Morgan fingerprint density at radius 2 is 1.87 bits per heavy atom. The quantitative estimate of drug-likeness (QED) is 0.782. The molecule has 1 aromatic heterocycles. The molecular weight excluding hydrogens is 239 g/mol. The second kappa shape index (κ2) is 3.64. The molecule has 15 heavy (non-hydrogen) atoms. The lowest BCUT2D eigenvalue weighted by Gasteiger charge is -2.02. The van der Waals surface area contributed by atoms with Crippen molar-refractivity contribution >= 4 is 23.2 Å². The molecule has 0 saturated carbocycles. The monoisotopic (exact) mass is 244 g/mol. The fourth-order valence-corrected chi connectivity index (χ4v) is 1.49. The highest BCUT2D eigenvalue weighted by atomic mass is 35.5. The molecule has 1 aromatic carbocycles. The van der Waals surface area contributed by atoms with Crippen molar-refractivity contribution in [2.75, 3.05) is 0 Å². The summed E-state index contributed by atoms with van der Waals surface area (Å²) in [5, 5.41) is 9.82. The molecule has 0 unspecified atom stereocenters. The Morgan fingerprint density at radius 3 is 2.40 bits per heavy atom. The maximum absolute atomic E-state index is 11.4. The van der Waals surface area contributed by atoms with E-state index in [1.807, 2.05) is 0 Å². The first-order chi connectivity index (χ1) is 7.09. The van der Waals surface area contributed by atoms with Crippen LogP contribution in [0.1, 0.15) is 0 Å². The average Bonchev–Trinajstić information content (AvgIpc) is 2.53. The van der Waals surface area contributed by atoms with Gasteiger partial charge in [0.25, 0.3) is 0 Å². The number of rotatable bonds is 1. The molecule has 6 heteroatoms. The van der Waals surface area contributed by atoms with E-state index in [1.165, 1.54) is 17.0 Å². The van der Waals surface area contributed by atoms with Crippen molar-refractivity contribution in [3.05, 3.63) is 51.1 Å². The lowest BCUT2D eigenvalue weighted by molar-refractivity contribution is 0.174. The fourth-order valence-electron chi connectivity index (χ4n) is 1.20. The van der Waals surface area contributed by atoms with E-state index < -0.39 is 5.69 Å². The van der Waals surface area contributed by atoms with Crippen molar-refractivity contribution in [2.45, 2.75) is 0 Å². The van der Waals surface area contributed by atoms with Crippen molar-refractivity contribution in [1.29, 1.82) is 0 Å². The molecule has 4 nitrogen and oxygen atoms in total. The molecule has 0 aliphatic carbocycles. The Hall–Kier alpha value is -1.39. The third-order valence-electron chi connectivity index (χ3n) is 1.94. The Bertz CT molecular complexity index is 559. The number of halogens is 2. The molecule has 0 fully saturated rings. The Morgan fingerprint density at radius 1 is 1.13 bits per heavy atom. The zero-order valence-corrected chi connectivity index (χ0v) is 8.90. The van der Waals surface area contributed by atoms with E-state index in [9.17, 15) is 4.79 Å². The summed E-state index contributed by atoms with van der Waals surface area (Å²) in [5.74, 6) is 0. The molecule has 0 bridgehead atoms. The molecule has 2 rings (SSSR count). The average molecular weight is 245 g/mol. The summed E-state index contributed by atoms with van der Waals surface area (Å²) in [6, 6.07) is 4.77. The van der Waals surface area contributed by atoms with Gasteiger partial charge < -0.3 is 5.21 Å². The van der Waals surface area contributed by atoms with Crippen LogP contribution in [-0.4, -0.2) is 14.5 Å². The van der Waals surface area contributed by atoms with Crippen LogP contribution >= 0.6 is 23.2 Å². The summed E-state index contributed by atoms with van der Waals surface area (Å²) in [5.41, 5.74) is -0.0180. The maximum Gasteiger partial charge on any atom is 0.365 e. The minimum Gasteiger partial charge on any atom is -0.424 e. The topological polar surface area (TPSA) is 47.2 Å². The molecule has 0 amide bonds. The van der Waals surface area contributed by atoms with Crippen molar-refractivity contribution in [2.24, 2.45) is 0 Å². The van der Waals surface area contributed by atoms with E-state index in [1.54, 1.807) is 18.2 Å². The van der Waals surface area contributed by atoms with Gasteiger partial charge in [0.15, 0.2) is 0 Å². The number of hydrogen-bond acceptors (Lipinski definition) is 2. The third-order valence-corrected chi connectivity index (χ3v) is 2.68. The van der Waals surface area contributed by atoms with Gasteiger partial charge in [-0.15, -0.1) is 4.73 Å². The van der Waals surface area contributed by atoms with Crippen molar-refractivity contribution in [3.63, 3.8) is 0 Å². The first kappa shape index (κ1) is 10.1. The second-order valence-electron chi connectivity index (χ2n) is 2.89. The first-order valence-electron chi connectivity index (χ1n) is 4.04. The number of benzene rings is 1. The number of nitrogens with zero attached hydrogens (tertiary/aromatic N) is 2. The predicted molar refractivity (Wildman–Crippen MR) is 57.2 cm³/mol. The summed E-state index contributed by atoms with van der Waals surface area (Å²) in [6.07, 6.45) is 2.67. The van der Waals surface area contributed by atoms with Crippen LogP contribution in [-0.2, 0) is 0 Å². The fraction of sp³-hybridized carbons (Fsp3) is 0. The highest BCUT2D eigenvalue weighted by Crippen LogP contribution is 2.23. The number of hydrogen-bond donors (Lipinski definition) is 1. The SMILES string of the molecule is O=c1n(O)ccn1-c1ccc(Cl)c(Cl)c1. The van der Waals surface area contributed by atoms with Gasteiger partial charge in [0.1, 0.15) is 0 Å². The Labute approximate surface area is 94.9 Å². The Balaban J connectivity index is 2.60. The largest absolute Gasteiger partial charge is 0.424 e. The highest BCUT2D eigenvalue weighted by molar-refractivity contribution is 6.42. The van der Waals surface area contributed by atoms with Gasteiger partial charge in [-0.25, -0.2) is 4.79 Å². The van der Waals surface area contributed by atoms with Gasteiger partial charge in [0.2, 0.25) is 0 Å². The van der Waals surface area contributed by atoms with Gasteiger partial charge >= 0.3 is 5.69 Å². The van der Waals surface area contributed by atoms with Crippen LogP contribution in [0.25, 0.3) is 5.69 Å². The number of aromatic nitrogens is 2. The third kappa shape index (κ3) is 1.73. The second-order valence-corrected chi connectivity index (χ2v) is 3.71. The zero-order chi connectivity index (χ0) is 11.0. The molecule has 1 heterocycles. The van der Waals surface area contributed by atoms with Gasteiger partial charge in [0.05, 0.1) is 21.9 Å². The molecule has 2 aromatic rings.